The molecule has 2 aliphatic rings. The molecule has 0 aromatic heterocycles. The number of carbonyl (C=O) groups is 2. The van der Waals surface area contributed by atoms with Crippen LogP contribution in [0.5, 0.6) is 0 Å². The van der Waals surface area contributed by atoms with Crippen LogP contribution in [0, 0.1) is 17.8 Å². The molecular weight excluding hydrogens is 290 g/mol. The van der Waals surface area contributed by atoms with Gasteiger partial charge in [0.25, 0.3) is 0 Å². The Morgan fingerprint density at radius 3 is 2.67 bits per heavy atom. The molecule has 2 rings (SSSR count). The van der Waals surface area contributed by atoms with Gasteiger partial charge >= 0.3 is 0 Å². The van der Waals surface area contributed by atoms with Gasteiger partial charge in [-0.25, -0.2) is 0 Å². The lowest BCUT2D eigenvalue weighted by molar-refractivity contribution is -0.140. The number of nitrogens with one attached hydrogen (secondary N) is 2. The minimum atomic E-state index is -0.0223. The van der Waals surface area contributed by atoms with Crippen molar-refractivity contribution >= 4 is 24.2 Å². The van der Waals surface area contributed by atoms with Crippen LogP contribution in [0.2, 0.25) is 0 Å². The maximum absolute atomic E-state index is 12.5. The molecule has 2 saturated heterocycles. The fourth-order valence-electron chi connectivity index (χ4n) is 2.94. The third-order valence-corrected chi connectivity index (χ3v) is 4.56. The van der Waals surface area contributed by atoms with Crippen molar-refractivity contribution in [3.8, 4) is 0 Å². The summed E-state index contributed by atoms with van der Waals surface area (Å²) in [6.07, 6.45) is 2.79. The van der Waals surface area contributed by atoms with E-state index in [2.05, 4.69) is 10.6 Å². The van der Waals surface area contributed by atoms with Gasteiger partial charge in [0.05, 0.1) is 5.92 Å². The van der Waals surface area contributed by atoms with E-state index < -0.39 is 0 Å². The van der Waals surface area contributed by atoms with Crippen molar-refractivity contribution < 1.29 is 9.59 Å². The number of nitrogens with zero attached hydrogens (tertiary/aromatic N) is 1. The number of piperidine rings is 1. The Morgan fingerprint density at radius 1 is 1.38 bits per heavy atom. The van der Waals surface area contributed by atoms with E-state index in [1.165, 1.54) is 0 Å². The molecule has 122 valence electrons. The first-order valence-electron chi connectivity index (χ1n) is 7.90. The highest BCUT2D eigenvalue weighted by Crippen LogP contribution is 2.23. The summed E-state index contributed by atoms with van der Waals surface area (Å²) in [6, 6.07) is 0. The maximum atomic E-state index is 12.5. The highest BCUT2D eigenvalue weighted by Gasteiger charge is 2.34. The van der Waals surface area contributed by atoms with Crippen LogP contribution < -0.4 is 10.6 Å². The normalized spacial score (nSPS) is 23.7. The van der Waals surface area contributed by atoms with E-state index in [9.17, 15) is 9.59 Å². The van der Waals surface area contributed by atoms with Crippen molar-refractivity contribution in [1.29, 1.82) is 0 Å². The predicted octanol–water partition coefficient (Wildman–Crippen LogP) is 1.03. The Balaban J connectivity index is 0.00000220. The van der Waals surface area contributed by atoms with Crippen LogP contribution >= 0.6 is 12.4 Å². The first-order chi connectivity index (χ1) is 9.63. The lowest BCUT2D eigenvalue weighted by Crippen LogP contribution is -2.53. The van der Waals surface area contributed by atoms with Gasteiger partial charge in [0.15, 0.2) is 0 Å². The van der Waals surface area contributed by atoms with Crippen molar-refractivity contribution in [1.82, 2.24) is 15.5 Å². The molecule has 2 fully saturated rings. The van der Waals surface area contributed by atoms with E-state index in [1.807, 2.05) is 18.7 Å². The molecule has 2 atom stereocenters. The molecule has 0 spiro atoms. The van der Waals surface area contributed by atoms with Crippen LogP contribution in [-0.2, 0) is 9.59 Å². The number of likely N-dealkylation sites (tertiary alicyclic amines) is 1. The molecule has 0 saturated carbocycles. The van der Waals surface area contributed by atoms with Gasteiger partial charge in [-0.3, -0.25) is 9.59 Å². The monoisotopic (exact) mass is 317 g/mol. The molecule has 6 heteroatoms. The third kappa shape index (κ3) is 4.58. The number of carbonyl (C=O) groups excluding carboxylic acids is 2. The summed E-state index contributed by atoms with van der Waals surface area (Å²) in [5.74, 6) is 0.864. The zero-order valence-electron chi connectivity index (χ0n) is 13.1. The van der Waals surface area contributed by atoms with Crippen LogP contribution in [0.4, 0.5) is 0 Å². The lowest BCUT2D eigenvalue weighted by atomic mass is 9.87. The second-order valence-corrected chi connectivity index (χ2v) is 6.12. The molecule has 2 heterocycles. The largest absolute Gasteiger partial charge is 0.356 e. The van der Waals surface area contributed by atoms with E-state index in [1.54, 1.807) is 0 Å². The molecule has 0 aliphatic carbocycles. The minimum absolute atomic E-state index is 0. The van der Waals surface area contributed by atoms with Crippen molar-refractivity contribution in [2.45, 2.75) is 33.1 Å². The van der Waals surface area contributed by atoms with E-state index in [0.717, 1.165) is 45.4 Å². The fraction of sp³-hybridized carbons (Fsp3) is 0.867. The fourth-order valence-corrected chi connectivity index (χ4v) is 2.94. The molecule has 0 aromatic rings. The molecule has 5 nitrogen and oxygen atoms in total. The van der Waals surface area contributed by atoms with Gasteiger partial charge < -0.3 is 15.5 Å². The van der Waals surface area contributed by atoms with Crippen molar-refractivity contribution in [2.24, 2.45) is 17.8 Å². The van der Waals surface area contributed by atoms with Crippen LogP contribution in [0.15, 0.2) is 0 Å². The molecule has 21 heavy (non-hydrogen) atoms. The first-order valence-corrected chi connectivity index (χ1v) is 7.90. The van der Waals surface area contributed by atoms with Gasteiger partial charge in [-0.15, -0.1) is 12.4 Å². The zero-order valence-corrected chi connectivity index (χ0v) is 13.9. The molecule has 2 unspecified atom stereocenters. The minimum Gasteiger partial charge on any atom is -0.356 e. The maximum Gasteiger partial charge on any atom is 0.225 e. The molecule has 2 N–H and O–H groups in total. The summed E-state index contributed by atoms with van der Waals surface area (Å²) in [5.41, 5.74) is 0. The van der Waals surface area contributed by atoms with Crippen LogP contribution in [0.25, 0.3) is 0 Å². The van der Waals surface area contributed by atoms with Gasteiger partial charge in [0, 0.05) is 25.6 Å². The smallest absolute Gasteiger partial charge is 0.225 e. The summed E-state index contributed by atoms with van der Waals surface area (Å²) >= 11 is 0. The Bertz CT molecular complexity index is 361. The average Bonchev–Trinajstić information content (AvgIpc) is 2.42. The quantitative estimate of drug-likeness (QED) is 0.796. The Kier molecular flexibility index (Phi) is 7.46. The first kappa shape index (κ1) is 18.2. The number of rotatable bonds is 5. The molecular formula is C15H28ClN3O2. The van der Waals surface area contributed by atoms with Gasteiger partial charge in [0.2, 0.25) is 11.8 Å². The molecule has 2 amide bonds. The topological polar surface area (TPSA) is 61.4 Å². The van der Waals surface area contributed by atoms with Crippen molar-refractivity contribution in [3.05, 3.63) is 0 Å². The summed E-state index contributed by atoms with van der Waals surface area (Å²) in [5, 5.41) is 6.16. The highest BCUT2D eigenvalue weighted by molar-refractivity contribution is 5.85. The van der Waals surface area contributed by atoms with Gasteiger partial charge in [-0.1, -0.05) is 13.8 Å². The number of hydrogen-bond donors (Lipinski definition) is 2. The molecule has 0 bridgehead atoms. The van der Waals surface area contributed by atoms with E-state index in [0.29, 0.717) is 12.5 Å². The highest BCUT2D eigenvalue weighted by atomic mass is 35.5. The predicted molar refractivity (Wildman–Crippen MR) is 85.4 cm³/mol. The number of hydrogen-bond acceptors (Lipinski definition) is 3. The number of halogens is 1. The van der Waals surface area contributed by atoms with Gasteiger partial charge in [0.1, 0.15) is 0 Å². The SMILES string of the molecule is CCCNC(=O)C1CCCN(C(=O)C(C)C2CNC2)C1.Cl. The lowest BCUT2D eigenvalue weighted by Gasteiger charge is -2.38. The average molecular weight is 318 g/mol. The Hall–Kier alpha value is -0.810. The van der Waals surface area contributed by atoms with Crippen LogP contribution in [0.1, 0.15) is 33.1 Å². The van der Waals surface area contributed by atoms with E-state index in [4.69, 9.17) is 0 Å². The summed E-state index contributed by atoms with van der Waals surface area (Å²) in [4.78, 5) is 26.4. The molecule has 2 aliphatic heterocycles. The van der Waals surface area contributed by atoms with Gasteiger partial charge in [-0.05, 0) is 38.3 Å². The summed E-state index contributed by atoms with van der Waals surface area (Å²) in [7, 11) is 0. The standard InChI is InChI=1S/C15H27N3O2.ClH/c1-3-6-17-14(19)12-5-4-7-18(10-12)15(20)11(2)13-8-16-9-13;/h11-13,16H,3-10H2,1-2H3,(H,17,19);1H. The van der Waals surface area contributed by atoms with Crippen LogP contribution in [0.3, 0.4) is 0 Å². The van der Waals surface area contributed by atoms with Crippen molar-refractivity contribution in [3.63, 3.8) is 0 Å². The second kappa shape index (κ2) is 8.59. The summed E-state index contributed by atoms with van der Waals surface area (Å²) < 4.78 is 0. The van der Waals surface area contributed by atoms with Crippen LogP contribution in [-0.4, -0.2) is 49.4 Å². The molecule has 0 radical (unpaired) electrons. The van der Waals surface area contributed by atoms with Crippen molar-refractivity contribution in [2.75, 3.05) is 32.7 Å². The van der Waals surface area contributed by atoms with E-state index in [-0.39, 0.29) is 36.1 Å². The number of amides is 2. The molecule has 0 aromatic carbocycles. The van der Waals surface area contributed by atoms with E-state index >= 15 is 0 Å². The summed E-state index contributed by atoms with van der Waals surface area (Å²) in [6.45, 7) is 8.09. The third-order valence-electron chi connectivity index (χ3n) is 4.56. The Morgan fingerprint density at radius 2 is 2.10 bits per heavy atom. The second-order valence-electron chi connectivity index (χ2n) is 6.12. The Labute approximate surface area is 133 Å². The zero-order chi connectivity index (χ0) is 14.5. The van der Waals surface area contributed by atoms with Gasteiger partial charge in [-0.2, -0.15) is 0 Å².